The number of nitrogens with one attached hydrogen (secondary N) is 2. The Balaban J connectivity index is 1.46. The van der Waals surface area contributed by atoms with Crippen LogP contribution in [-0.2, 0) is 13.0 Å². The van der Waals surface area contributed by atoms with Gasteiger partial charge in [0, 0.05) is 18.8 Å². The lowest BCUT2D eigenvalue weighted by atomic mass is 10.1. The van der Waals surface area contributed by atoms with E-state index in [0.29, 0.717) is 0 Å². The summed E-state index contributed by atoms with van der Waals surface area (Å²) >= 11 is 0. The molecule has 0 amide bonds. The van der Waals surface area contributed by atoms with Gasteiger partial charge in [-0.25, -0.2) is 0 Å². The maximum atomic E-state index is 3.57. The molecule has 2 N–H and O–H groups in total. The molecule has 1 saturated carbocycles. The largest absolute Gasteiger partial charge is 0.384 e. The third kappa shape index (κ3) is 2.81. The first kappa shape index (κ1) is 11.1. The summed E-state index contributed by atoms with van der Waals surface area (Å²) in [5.74, 6) is 1.07. The van der Waals surface area contributed by atoms with E-state index in [1.54, 1.807) is 0 Å². The minimum Gasteiger partial charge on any atom is -0.384 e. The van der Waals surface area contributed by atoms with Crippen molar-refractivity contribution in [3.8, 4) is 0 Å². The van der Waals surface area contributed by atoms with E-state index in [0.717, 1.165) is 19.0 Å². The van der Waals surface area contributed by atoms with Crippen LogP contribution in [0, 0.1) is 5.92 Å². The van der Waals surface area contributed by atoms with Crippen LogP contribution in [0.1, 0.15) is 36.8 Å². The van der Waals surface area contributed by atoms with Gasteiger partial charge < -0.3 is 10.6 Å². The zero-order valence-corrected chi connectivity index (χ0v) is 10.5. The number of anilines is 1. The SMILES string of the molecule is c1cc2c(c(CNCCCC3CC3)c1)NCC2. The van der Waals surface area contributed by atoms with Crippen molar-refractivity contribution < 1.29 is 0 Å². The Morgan fingerprint density at radius 1 is 1.29 bits per heavy atom. The zero-order valence-electron chi connectivity index (χ0n) is 10.5. The molecule has 17 heavy (non-hydrogen) atoms. The molecule has 2 nitrogen and oxygen atoms in total. The fraction of sp³-hybridized carbons (Fsp3) is 0.600. The third-order valence-electron chi connectivity index (χ3n) is 3.91. The summed E-state index contributed by atoms with van der Waals surface area (Å²) in [7, 11) is 0. The van der Waals surface area contributed by atoms with E-state index in [4.69, 9.17) is 0 Å². The third-order valence-corrected chi connectivity index (χ3v) is 3.91. The van der Waals surface area contributed by atoms with Crippen LogP contribution in [-0.4, -0.2) is 13.1 Å². The number of hydrogen-bond acceptors (Lipinski definition) is 2. The summed E-state index contributed by atoms with van der Waals surface area (Å²) in [6, 6.07) is 6.67. The summed E-state index contributed by atoms with van der Waals surface area (Å²) in [6.45, 7) is 3.29. The van der Waals surface area contributed by atoms with Gasteiger partial charge in [0.25, 0.3) is 0 Å². The molecular weight excluding hydrogens is 208 g/mol. The molecule has 1 aliphatic carbocycles. The van der Waals surface area contributed by atoms with E-state index < -0.39 is 0 Å². The second-order valence-electron chi connectivity index (χ2n) is 5.39. The van der Waals surface area contributed by atoms with Crippen LogP contribution in [0.3, 0.4) is 0 Å². The van der Waals surface area contributed by atoms with E-state index in [1.807, 2.05) is 0 Å². The van der Waals surface area contributed by atoms with Gasteiger partial charge in [-0.05, 0) is 42.9 Å². The Kier molecular flexibility index (Phi) is 3.32. The number of rotatable bonds is 6. The molecule has 1 fully saturated rings. The van der Waals surface area contributed by atoms with Gasteiger partial charge in [0.1, 0.15) is 0 Å². The predicted molar refractivity (Wildman–Crippen MR) is 72.3 cm³/mol. The fourth-order valence-corrected chi connectivity index (χ4v) is 2.70. The van der Waals surface area contributed by atoms with Gasteiger partial charge in [-0.15, -0.1) is 0 Å². The molecule has 0 saturated heterocycles. The molecule has 0 atom stereocenters. The molecule has 0 radical (unpaired) electrons. The smallest absolute Gasteiger partial charge is 0.0419 e. The van der Waals surface area contributed by atoms with Gasteiger partial charge in [0.05, 0.1) is 0 Å². The quantitative estimate of drug-likeness (QED) is 0.734. The second kappa shape index (κ2) is 5.09. The monoisotopic (exact) mass is 230 g/mol. The van der Waals surface area contributed by atoms with Crippen molar-refractivity contribution in [2.75, 3.05) is 18.4 Å². The van der Waals surface area contributed by atoms with Crippen LogP contribution >= 0.6 is 0 Å². The Morgan fingerprint density at radius 3 is 3.12 bits per heavy atom. The van der Waals surface area contributed by atoms with Crippen LogP contribution in [0.15, 0.2) is 18.2 Å². The summed E-state index contributed by atoms with van der Waals surface area (Å²) in [4.78, 5) is 0. The van der Waals surface area contributed by atoms with Crippen molar-refractivity contribution in [1.29, 1.82) is 0 Å². The molecule has 92 valence electrons. The Bertz CT molecular complexity index is 383. The molecule has 2 aliphatic rings. The normalized spacial score (nSPS) is 17.9. The molecule has 0 aromatic heterocycles. The summed E-state index contributed by atoms with van der Waals surface area (Å²) in [5.41, 5.74) is 4.32. The first-order valence-corrected chi connectivity index (χ1v) is 6.99. The van der Waals surface area contributed by atoms with Crippen molar-refractivity contribution >= 4 is 5.69 Å². The lowest BCUT2D eigenvalue weighted by Gasteiger charge is -2.10. The highest BCUT2D eigenvalue weighted by atomic mass is 14.9. The molecule has 1 heterocycles. The van der Waals surface area contributed by atoms with Crippen molar-refractivity contribution in [3.63, 3.8) is 0 Å². The summed E-state index contributed by atoms with van der Waals surface area (Å²) in [5, 5.41) is 7.07. The average molecular weight is 230 g/mol. The van der Waals surface area contributed by atoms with E-state index in [2.05, 4.69) is 28.8 Å². The molecule has 1 aromatic carbocycles. The number of para-hydroxylation sites is 1. The van der Waals surface area contributed by atoms with E-state index in [-0.39, 0.29) is 0 Å². The number of hydrogen-bond donors (Lipinski definition) is 2. The van der Waals surface area contributed by atoms with Gasteiger partial charge in [-0.3, -0.25) is 0 Å². The van der Waals surface area contributed by atoms with Gasteiger partial charge in [0.15, 0.2) is 0 Å². The summed E-state index contributed by atoms with van der Waals surface area (Å²) in [6.07, 6.45) is 6.92. The van der Waals surface area contributed by atoms with Crippen molar-refractivity contribution in [1.82, 2.24) is 5.32 Å². The average Bonchev–Trinajstić information content (AvgIpc) is 3.04. The highest BCUT2D eigenvalue weighted by Gasteiger charge is 2.20. The van der Waals surface area contributed by atoms with Gasteiger partial charge in [-0.2, -0.15) is 0 Å². The zero-order chi connectivity index (χ0) is 11.5. The topological polar surface area (TPSA) is 24.1 Å². The Labute approximate surface area is 104 Å². The van der Waals surface area contributed by atoms with E-state index in [9.17, 15) is 0 Å². The van der Waals surface area contributed by atoms with Crippen molar-refractivity contribution in [2.45, 2.75) is 38.6 Å². The lowest BCUT2D eigenvalue weighted by Crippen LogP contribution is -2.15. The van der Waals surface area contributed by atoms with Gasteiger partial charge in [-0.1, -0.05) is 31.0 Å². The minimum atomic E-state index is 1.01. The molecule has 1 aromatic rings. The highest BCUT2D eigenvalue weighted by molar-refractivity contribution is 5.61. The standard InChI is InChI=1S/C15H22N2/c1-4-13-8-10-17-15(13)14(5-1)11-16-9-2-3-12-6-7-12/h1,4-5,12,16-17H,2-3,6-11H2. The van der Waals surface area contributed by atoms with Crippen LogP contribution in [0.4, 0.5) is 5.69 Å². The maximum absolute atomic E-state index is 3.57. The highest BCUT2D eigenvalue weighted by Crippen LogP contribution is 2.33. The van der Waals surface area contributed by atoms with Crippen LogP contribution in [0.5, 0.6) is 0 Å². The maximum Gasteiger partial charge on any atom is 0.0419 e. The Hall–Kier alpha value is -1.02. The Morgan fingerprint density at radius 2 is 2.24 bits per heavy atom. The fourth-order valence-electron chi connectivity index (χ4n) is 2.70. The number of fused-ring (bicyclic) bond motifs is 1. The van der Waals surface area contributed by atoms with Crippen LogP contribution in [0.2, 0.25) is 0 Å². The first-order valence-electron chi connectivity index (χ1n) is 6.99. The van der Waals surface area contributed by atoms with E-state index >= 15 is 0 Å². The van der Waals surface area contributed by atoms with Crippen LogP contribution in [0.25, 0.3) is 0 Å². The first-order chi connectivity index (χ1) is 8.43. The molecule has 0 unspecified atom stereocenters. The van der Waals surface area contributed by atoms with Crippen LogP contribution < -0.4 is 10.6 Å². The van der Waals surface area contributed by atoms with Crippen molar-refractivity contribution in [2.24, 2.45) is 5.92 Å². The predicted octanol–water partition coefficient (Wildman–Crippen LogP) is 2.93. The molecule has 1 aliphatic heterocycles. The number of benzene rings is 1. The molecular formula is C15H22N2. The lowest BCUT2D eigenvalue weighted by molar-refractivity contribution is 0.594. The second-order valence-corrected chi connectivity index (χ2v) is 5.39. The summed E-state index contributed by atoms with van der Waals surface area (Å²) < 4.78 is 0. The van der Waals surface area contributed by atoms with Gasteiger partial charge in [0.2, 0.25) is 0 Å². The molecule has 0 spiro atoms. The molecule has 3 rings (SSSR count). The minimum absolute atomic E-state index is 1.01. The van der Waals surface area contributed by atoms with E-state index in [1.165, 1.54) is 55.5 Å². The van der Waals surface area contributed by atoms with Crippen molar-refractivity contribution in [3.05, 3.63) is 29.3 Å². The van der Waals surface area contributed by atoms with Gasteiger partial charge >= 0.3 is 0 Å². The molecule has 2 heteroatoms. The molecule has 0 bridgehead atoms.